The predicted octanol–water partition coefficient (Wildman–Crippen LogP) is 1.06. The minimum Gasteiger partial charge on any atom is -0.390 e. The SMILES string of the molecule is CC(C)(O)CCC1CCCNC1=O. The fourth-order valence-corrected chi connectivity index (χ4v) is 1.64. The molecule has 1 amide bonds. The van der Waals surface area contributed by atoms with Crippen molar-refractivity contribution in [1.29, 1.82) is 0 Å². The maximum Gasteiger partial charge on any atom is 0.223 e. The highest BCUT2D eigenvalue weighted by molar-refractivity contribution is 5.79. The molecule has 2 N–H and O–H groups in total. The van der Waals surface area contributed by atoms with Gasteiger partial charge >= 0.3 is 0 Å². The van der Waals surface area contributed by atoms with Crippen LogP contribution in [0.4, 0.5) is 0 Å². The normalized spacial score (nSPS) is 24.2. The summed E-state index contributed by atoms with van der Waals surface area (Å²) in [5.41, 5.74) is -0.641. The van der Waals surface area contributed by atoms with Crippen LogP contribution < -0.4 is 5.32 Å². The molecular weight excluding hydrogens is 166 g/mol. The Morgan fingerprint density at radius 3 is 2.85 bits per heavy atom. The quantitative estimate of drug-likeness (QED) is 0.691. The van der Waals surface area contributed by atoms with Gasteiger partial charge in [0, 0.05) is 12.5 Å². The molecule has 1 unspecified atom stereocenters. The minimum absolute atomic E-state index is 0.125. The maximum atomic E-state index is 11.3. The van der Waals surface area contributed by atoms with E-state index in [1.165, 1.54) is 0 Å². The monoisotopic (exact) mass is 185 g/mol. The molecule has 0 aliphatic carbocycles. The average molecular weight is 185 g/mol. The van der Waals surface area contributed by atoms with Crippen LogP contribution >= 0.6 is 0 Å². The Labute approximate surface area is 79.5 Å². The third-order valence-corrected chi connectivity index (χ3v) is 2.50. The third-order valence-electron chi connectivity index (χ3n) is 2.50. The lowest BCUT2D eigenvalue weighted by molar-refractivity contribution is -0.127. The van der Waals surface area contributed by atoms with Crippen molar-refractivity contribution in [3.8, 4) is 0 Å². The van der Waals surface area contributed by atoms with Gasteiger partial charge < -0.3 is 10.4 Å². The van der Waals surface area contributed by atoms with E-state index in [9.17, 15) is 9.90 Å². The molecule has 3 nitrogen and oxygen atoms in total. The van der Waals surface area contributed by atoms with Gasteiger partial charge in [0.05, 0.1) is 5.60 Å². The summed E-state index contributed by atoms with van der Waals surface area (Å²) in [6.45, 7) is 4.39. The van der Waals surface area contributed by atoms with Gasteiger partial charge in [0.2, 0.25) is 5.91 Å². The standard InChI is InChI=1S/C10H19NO2/c1-10(2,13)6-5-8-4-3-7-11-9(8)12/h8,13H,3-7H2,1-2H3,(H,11,12). The van der Waals surface area contributed by atoms with E-state index in [1.807, 2.05) is 0 Å². The molecule has 0 aromatic carbocycles. The first-order valence-corrected chi connectivity index (χ1v) is 4.99. The number of nitrogens with one attached hydrogen (secondary N) is 1. The van der Waals surface area contributed by atoms with Crippen molar-refractivity contribution in [3.05, 3.63) is 0 Å². The number of hydrogen-bond donors (Lipinski definition) is 2. The van der Waals surface area contributed by atoms with Crippen LogP contribution in [0.3, 0.4) is 0 Å². The molecule has 13 heavy (non-hydrogen) atoms. The van der Waals surface area contributed by atoms with Crippen molar-refractivity contribution >= 4 is 5.91 Å². The topological polar surface area (TPSA) is 49.3 Å². The molecule has 1 saturated heterocycles. The molecule has 1 fully saturated rings. The molecule has 1 aliphatic heterocycles. The van der Waals surface area contributed by atoms with Gasteiger partial charge in [-0.05, 0) is 39.5 Å². The van der Waals surface area contributed by atoms with Gasteiger partial charge in [-0.15, -0.1) is 0 Å². The van der Waals surface area contributed by atoms with Crippen LogP contribution in [0.2, 0.25) is 0 Å². The van der Waals surface area contributed by atoms with Gasteiger partial charge in [-0.2, -0.15) is 0 Å². The Hall–Kier alpha value is -0.570. The molecule has 1 rings (SSSR count). The molecule has 0 saturated carbocycles. The molecule has 76 valence electrons. The smallest absolute Gasteiger partial charge is 0.223 e. The zero-order valence-corrected chi connectivity index (χ0v) is 8.47. The second-order valence-electron chi connectivity index (χ2n) is 4.48. The Kier molecular flexibility index (Phi) is 3.31. The lowest BCUT2D eigenvalue weighted by Gasteiger charge is -2.24. The first-order chi connectivity index (χ1) is 5.99. The van der Waals surface area contributed by atoms with E-state index < -0.39 is 5.60 Å². The molecule has 3 heteroatoms. The van der Waals surface area contributed by atoms with E-state index in [2.05, 4.69) is 5.32 Å². The number of carbonyl (C=O) groups is 1. The van der Waals surface area contributed by atoms with Crippen LogP contribution in [0.1, 0.15) is 39.5 Å². The number of carbonyl (C=O) groups excluding carboxylic acids is 1. The van der Waals surface area contributed by atoms with Gasteiger partial charge in [-0.1, -0.05) is 0 Å². The fourth-order valence-electron chi connectivity index (χ4n) is 1.64. The highest BCUT2D eigenvalue weighted by Gasteiger charge is 2.24. The number of aliphatic hydroxyl groups is 1. The summed E-state index contributed by atoms with van der Waals surface area (Å²) in [6, 6.07) is 0. The predicted molar refractivity (Wildman–Crippen MR) is 51.3 cm³/mol. The molecule has 0 spiro atoms. The van der Waals surface area contributed by atoms with Gasteiger partial charge in [-0.25, -0.2) is 0 Å². The Bertz CT molecular complexity index is 184. The van der Waals surface area contributed by atoms with Crippen LogP contribution in [-0.4, -0.2) is 23.2 Å². The lowest BCUT2D eigenvalue weighted by Crippen LogP contribution is -2.37. The molecule has 0 bridgehead atoms. The molecule has 0 aromatic heterocycles. The van der Waals surface area contributed by atoms with Crippen LogP contribution in [0.5, 0.6) is 0 Å². The van der Waals surface area contributed by atoms with Crippen LogP contribution in [0, 0.1) is 5.92 Å². The first kappa shape index (κ1) is 10.5. The molecule has 1 heterocycles. The number of rotatable bonds is 3. The number of hydrogen-bond acceptors (Lipinski definition) is 2. The van der Waals surface area contributed by atoms with Crippen molar-refractivity contribution in [3.63, 3.8) is 0 Å². The van der Waals surface area contributed by atoms with Crippen molar-refractivity contribution in [2.24, 2.45) is 5.92 Å². The van der Waals surface area contributed by atoms with E-state index in [-0.39, 0.29) is 11.8 Å². The van der Waals surface area contributed by atoms with Crippen molar-refractivity contribution < 1.29 is 9.90 Å². The van der Waals surface area contributed by atoms with Crippen LogP contribution in [0.25, 0.3) is 0 Å². The summed E-state index contributed by atoms with van der Waals surface area (Å²) in [4.78, 5) is 11.3. The van der Waals surface area contributed by atoms with Gasteiger partial charge in [-0.3, -0.25) is 4.79 Å². The largest absolute Gasteiger partial charge is 0.390 e. The highest BCUT2D eigenvalue weighted by atomic mass is 16.3. The molecule has 0 aromatic rings. The van der Waals surface area contributed by atoms with Crippen LogP contribution in [0.15, 0.2) is 0 Å². The summed E-state index contributed by atoms with van der Waals surface area (Å²) < 4.78 is 0. The summed E-state index contributed by atoms with van der Waals surface area (Å²) in [6.07, 6.45) is 3.55. The summed E-state index contributed by atoms with van der Waals surface area (Å²) >= 11 is 0. The fraction of sp³-hybridized carbons (Fsp3) is 0.900. The van der Waals surface area contributed by atoms with Gasteiger partial charge in [0.25, 0.3) is 0 Å². The summed E-state index contributed by atoms with van der Waals surface area (Å²) in [5, 5.41) is 12.4. The minimum atomic E-state index is -0.641. The lowest BCUT2D eigenvalue weighted by atomic mass is 9.89. The second-order valence-corrected chi connectivity index (χ2v) is 4.48. The summed E-state index contributed by atoms with van der Waals surface area (Å²) in [5.74, 6) is 0.288. The van der Waals surface area contributed by atoms with E-state index in [4.69, 9.17) is 0 Å². The molecule has 1 atom stereocenters. The van der Waals surface area contributed by atoms with E-state index in [0.29, 0.717) is 6.42 Å². The Balaban J connectivity index is 2.31. The number of amides is 1. The van der Waals surface area contributed by atoms with E-state index in [1.54, 1.807) is 13.8 Å². The van der Waals surface area contributed by atoms with Gasteiger partial charge in [0.15, 0.2) is 0 Å². The summed E-state index contributed by atoms with van der Waals surface area (Å²) in [7, 11) is 0. The van der Waals surface area contributed by atoms with E-state index >= 15 is 0 Å². The van der Waals surface area contributed by atoms with Gasteiger partial charge in [0.1, 0.15) is 0 Å². The molecule has 1 aliphatic rings. The highest BCUT2D eigenvalue weighted by Crippen LogP contribution is 2.21. The molecular formula is C10H19NO2. The molecule has 0 radical (unpaired) electrons. The van der Waals surface area contributed by atoms with Crippen molar-refractivity contribution in [2.45, 2.75) is 45.1 Å². The number of piperidine rings is 1. The van der Waals surface area contributed by atoms with Crippen molar-refractivity contribution in [2.75, 3.05) is 6.54 Å². The maximum absolute atomic E-state index is 11.3. The zero-order valence-electron chi connectivity index (χ0n) is 8.47. The van der Waals surface area contributed by atoms with Crippen LogP contribution in [-0.2, 0) is 4.79 Å². The van der Waals surface area contributed by atoms with E-state index in [0.717, 1.165) is 25.8 Å². The Morgan fingerprint density at radius 1 is 1.62 bits per heavy atom. The second kappa shape index (κ2) is 4.09. The zero-order chi connectivity index (χ0) is 9.90. The average Bonchev–Trinajstić information content (AvgIpc) is 2.01. The first-order valence-electron chi connectivity index (χ1n) is 4.99. The Morgan fingerprint density at radius 2 is 2.31 bits per heavy atom. The van der Waals surface area contributed by atoms with Crippen molar-refractivity contribution in [1.82, 2.24) is 5.32 Å². The third kappa shape index (κ3) is 3.77.